The van der Waals surface area contributed by atoms with Crippen LogP contribution in [0.15, 0.2) is 4.52 Å². The van der Waals surface area contributed by atoms with Crippen LogP contribution < -0.4 is 5.32 Å². The molecule has 5 nitrogen and oxygen atoms in total. The van der Waals surface area contributed by atoms with Gasteiger partial charge in [0.05, 0.1) is 6.61 Å². The molecule has 1 atom stereocenters. The van der Waals surface area contributed by atoms with E-state index in [2.05, 4.69) is 15.5 Å². The van der Waals surface area contributed by atoms with E-state index in [-0.39, 0.29) is 6.10 Å². The van der Waals surface area contributed by atoms with Gasteiger partial charge in [0, 0.05) is 19.0 Å². The van der Waals surface area contributed by atoms with Crippen molar-refractivity contribution in [1.82, 2.24) is 15.5 Å². The summed E-state index contributed by atoms with van der Waals surface area (Å²) in [6.45, 7) is 2.39. The lowest BCUT2D eigenvalue weighted by molar-refractivity contribution is 0.00755. The van der Waals surface area contributed by atoms with E-state index in [1.54, 1.807) is 0 Å². The number of nitrogens with zero attached hydrogens (tertiary/aromatic N) is 2. The summed E-state index contributed by atoms with van der Waals surface area (Å²) in [7, 11) is 0. The number of hydrogen-bond donors (Lipinski definition) is 1. The summed E-state index contributed by atoms with van der Waals surface area (Å²) >= 11 is 0. The van der Waals surface area contributed by atoms with Crippen LogP contribution in [0, 0.1) is 0 Å². The Labute approximate surface area is 88.2 Å². The van der Waals surface area contributed by atoms with E-state index in [0.717, 1.165) is 18.9 Å². The van der Waals surface area contributed by atoms with E-state index in [1.807, 2.05) is 0 Å². The number of nitrogens with one attached hydrogen (secondary N) is 1. The van der Waals surface area contributed by atoms with Crippen LogP contribution in [0.25, 0.3) is 0 Å². The van der Waals surface area contributed by atoms with Crippen molar-refractivity contribution in [2.45, 2.75) is 31.3 Å². The molecule has 1 unspecified atom stereocenters. The topological polar surface area (TPSA) is 60.2 Å². The van der Waals surface area contributed by atoms with Crippen molar-refractivity contribution in [2.75, 3.05) is 19.7 Å². The van der Waals surface area contributed by atoms with Gasteiger partial charge in [-0.3, -0.25) is 0 Å². The molecule has 5 heteroatoms. The Morgan fingerprint density at radius 2 is 2.27 bits per heavy atom. The summed E-state index contributed by atoms with van der Waals surface area (Å²) < 4.78 is 10.8. The Morgan fingerprint density at radius 1 is 1.33 bits per heavy atom. The summed E-state index contributed by atoms with van der Waals surface area (Å²) in [5.74, 6) is 2.02. The van der Waals surface area contributed by atoms with Gasteiger partial charge in [-0.25, -0.2) is 0 Å². The van der Waals surface area contributed by atoms with Crippen LogP contribution in [-0.2, 0) is 4.74 Å². The quantitative estimate of drug-likeness (QED) is 0.787. The third kappa shape index (κ3) is 1.77. The molecule has 2 aliphatic rings. The lowest BCUT2D eigenvalue weighted by Gasteiger charge is -2.21. The molecular formula is C10H15N3O2. The average molecular weight is 209 g/mol. The van der Waals surface area contributed by atoms with Crippen molar-refractivity contribution in [3.8, 4) is 0 Å². The van der Waals surface area contributed by atoms with E-state index in [4.69, 9.17) is 9.26 Å². The Kier molecular flexibility index (Phi) is 2.42. The molecule has 82 valence electrons. The van der Waals surface area contributed by atoms with Crippen LogP contribution in [0.3, 0.4) is 0 Å². The van der Waals surface area contributed by atoms with Gasteiger partial charge in [-0.05, 0) is 12.8 Å². The molecule has 0 radical (unpaired) electrons. The first-order chi connectivity index (χ1) is 7.43. The minimum absolute atomic E-state index is 0.0555. The summed E-state index contributed by atoms with van der Waals surface area (Å²) in [6.07, 6.45) is 3.63. The molecule has 1 aromatic heterocycles. The van der Waals surface area contributed by atoms with Crippen molar-refractivity contribution in [3.63, 3.8) is 0 Å². The maximum Gasteiger partial charge on any atom is 0.257 e. The Bertz CT molecular complexity index is 329. The molecule has 3 rings (SSSR count). The van der Waals surface area contributed by atoms with E-state index >= 15 is 0 Å². The second kappa shape index (κ2) is 3.90. The van der Waals surface area contributed by atoms with Crippen LogP contribution in [-0.4, -0.2) is 29.8 Å². The van der Waals surface area contributed by atoms with Gasteiger partial charge in [0.15, 0.2) is 5.82 Å². The molecule has 1 saturated heterocycles. The molecule has 1 aliphatic heterocycles. The molecule has 0 spiro atoms. The lowest BCUT2D eigenvalue weighted by atomic mass is 9.85. The zero-order valence-electron chi connectivity index (χ0n) is 8.61. The highest BCUT2D eigenvalue weighted by Gasteiger charge is 2.27. The number of ether oxygens (including phenoxy) is 1. The van der Waals surface area contributed by atoms with Gasteiger partial charge in [0.25, 0.3) is 5.89 Å². The molecule has 1 N–H and O–H groups in total. The maximum absolute atomic E-state index is 5.55. The van der Waals surface area contributed by atoms with Crippen LogP contribution in [0.2, 0.25) is 0 Å². The standard InChI is InChI=1S/C10H15N3O2/c1-2-7(3-1)9-12-10(15-13-9)8-6-11-4-5-14-8/h7-8,11H,1-6H2. The molecule has 15 heavy (non-hydrogen) atoms. The monoisotopic (exact) mass is 209 g/mol. The van der Waals surface area contributed by atoms with Crippen LogP contribution in [0.4, 0.5) is 0 Å². The molecular weight excluding hydrogens is 194 g/mol. The highest BCUT2D eigenvalue weighted by molar-refractivity contribution is 5.01. The largest absolute Gasteiger partial charge is 0.366 e. The van der Waals surface area contributed by atoms with Crippen molar-refractivity contribution < 1.29 is 9.26 Å². The zero-order chi connectivity index (χ0) is 10.1. The summed E-state index contributed by atoms with van der Waals surface area (Å²) in [4.78, 5) is 4.41. The summed E-state index contributed by atoms with van der Waals surface area (Å²) in [5, 5.41) is 7.27. The van der Waals surface area contributed by atoms with E-state index in [9.17, 15) is 0 Å². The SMILES string of the molecule is C1CC(c2noc(C3CNCCO3)n2)C1. The van der Waals surface area contributed by atoms with Gasteiger partial charge in [-0.2, -0.15) is 4.98 Å². The Balaban J connectivity index is 1.71. The van der Waals surface area contributed by atoms with Crippen molar-refractivity contribution in [1.29, 1.82) is 0 Å². The molecule has 1 aromatic rings. The van der Waals surface area contributed by atoms with Crippen LogP contribution in [0.5, 0.6) is 0 Å². The number of rotatable bonds is 2. The normalized spacial score (nSPS) is 27.6. The second-order valence-electron chi connectivity index (χ2n) is 4.18. The number of hydrogen-bond acceptors (Lipinski definition) is 5. The highest BCUT2D eigenvalue weighted by Crippen LogP contribution is 2.35. The molecule has 2 fully saturated rings. The Hall–Kier alpha value is -0.940. The first-order valence-electron chi connectivity index (χ1n) is 5.59. The van der Waals surface area contributed by atoms with E-state index in [0.29, 0.717) is 18.4 Å². The first-order valence-corrected chi connectivity index (χ1v) is 5.59. The van der Waals surface area contributed by atoms with Crippen molar-refractivity contribution >= 4 is 0 Å². The fourth-order valence-corrected chi connectivity index (χ4v) is 1.93. The van der Waals surface area contributed by atoms with Crippen LogP contribution in [0.1, 0.15) is 43.0 Å². The molecule has 0 aromatic carbocycles. The predicted octanol–water partition coefficient (Wildman–Crippen LogP) is 0.998. The van der Waals surface area contributed by atoms with Gasteiger partial charge in [-0.1, -0.05) is 11.6 Å². The molecule has 0 amide bonds. The number of aromatic nitrogens is 2. The minimum Gasteiger partial charge on any atom is -0.366 e. The first kappa shape index (κ1) is 9.30. The third-order valence-electron chi connectivity index (χ3n) is 3.13. The zero-order valence-corrected chi connectivity index (χ0v) is 8.61. The van der Waals surface area contributed by atoms with Crippen LogP contribution >= 0.6 is 0 Å². The third-order valence-corrected chi connectivity index (χ3v) is 3.13. The fourth-order valence-electron chi connectivity index (χ4n) is 1.93. The van der Waals surface area contributed by atoms with Gasteiger partial charge >= 0.3 is 0 Å². The van der Waals surface area contributed by atoms with Gasteiger partial charge in [0.2, 0.25) is 0 Å². The summed E-state index contributed by atoms with van der Waals surface area (Å²) in [5.41, 5.74) is 0. The van der Waals surface area contributed by atoms with Gasteiger partial charge in [0.1, 0.15) is 6.10 Å². The number of morpholine rings is 1. The predicted molar refractivity (Wildman–Crippen MR) is 52.5 cm³/mol. The molecule has 1 saturated carbocycles. The highest BCUT2D eigenvalue weighted by atomic mass is 16.5. The van der Waals surface area contributed by atoms with Gasteiger partial charge in [-0.15, -0.1) is 0 Å². The molecule has 1 aliphatic carbocycles. The fraction of sp³-hybridized carbons (Fsp3) is 0.800. The van der Waals surface area contributed by atoms with E-state index < -0.39 is 0 Å². The molecule has 2 heterocycles. The van der Waals surface area contributed by atoms with Gasteiger partial charge < -0.3 is 14.6 Å². The minimum atomic E-state index is -0.0555. The van der Waals surface area contributed by atoms with E-state index in [1.165, 1.54) is 19.3 Å². The maximum atomic E-state index is 5.55. The molecule has 0 bridgehead atoms. The smallest absolute Gasteiger partial charge is 0.257 e. The second-order valence-corrected chi connectivity index (χ2v) is 4.18. The summed E-state index contributed by atoms with van der Waals surface area (Å²) in [6, 6.07) is 0. The average Bonchev–Trinajstić information content (AvgIpc) is 2.66. The lowest BCUT2D eigenvalue weighted by Crippen LogP contribution is -2.33. The van der Waals surface area contributed by atoms with Crippen molar-refractivity contribution in [2.24, 2.45) is 0 Å². The van der Waals surface area contributed by atoms with Crippen molar-refractivity contribution in [3.05, 3.63) is 11.7 Å². The Morgan fingerprint density at radius 3 is 2.93 bits per heavy atom.